The van der Waals surface area contributed by atoms with Crippen LogP contribution in [0.2, 0.25) is 0 Å². The normalized spacial score (nSPS) is 18.2. The summed E-state index contributed by atoms with van der Waals surface area (Å²) in [5.41, 5.74) is 3.63. The first-order chi connectivity index (χ1) is 10.4. The molecule has 3 rings (SSSR count). The average molecular weight is 332 g/mol. The lowest BCUT2D eigenvalue weighted by Crippen LogP contribution is -2.26. The third kappa shape index (κ3) is 2.71. The first-order valence-electron chi connectivity index (χ1n) is 6.19. The van der Waals surface area contributed by atoms with Gasteiger partial charge in [-0.25, -0.2) is 14.2 Å². The van der Waals surface area contributed by atoms with Crippen LogP contribution in [-0.4, -0.2) is 0 Å². The van der Waals surface area contributed by atoms with Gasteiger partial charge < -0.3 is 5.43 Å². The fourth-order valence-corrected chi connectivity index (χ4v) is 2.91. The second-order valence-corrected chi connectivity index (χ2v) is 5.63. The van der Waals surface area contributed by atoms with Crippen LogP contribution in [-0.2, 0) is 6.18 Å². The van der Waals surface area contributed by atoms with Gasteiger partial charge >= 0.3 is 6.18 Å². The lowest BCUT2D eigenvalue weighted by molar-refractivity contribution is -0.138. The number of benzene rings is 1. The highest BCUT2D eigenvalue weighted by Gasteiger charge is 2.33. The predicted octanol–water partition coefficient (Wildman–Crippen LogP) is 4.24. The summed E-state index contributed by atoms with van der Waals surface area (Å²) >= 11 is 1.45. The van der Waals surface area contributed by atoms with Crippen LogP contribution < -0.4 is 10.9 Å². The zero-order valence-corrected chi connectivity index (χ0v) is 11.7. The maximum Gasteiger partial charge on any atom is 0.416 e. The Hall–Kier alpha value is -1.93. The molecule has 116 valence electrons. The lowest BCUT2D eigenvalue weighted by Gasteiger charge is -2.11. The van der Waals surface area contributed by atoms with E-state index in [1.807, 2.05) is 17.5 Å². The quantitative estimate of drug-likeness (QED) is 0.804. The molecule has 0 spiro atoms. The van der Waals surface area contributed by atoms with E-state index in [4.69, 9.17) is 0 Å². The Bertz CT molecular complexity index is 698. The molecule has 8 heteroatoms. The number of halogens is 5. The minimum Gasteiger partial charge on any atom is -0.320 e. The standard InChI is InChI=1S/C14H9F5N2S/c15-8-4-7(14(17,18)19)5-9(16)13(8)11-6-10(20-21-11)12-2-1-3-22-12/h1-6,10,20-21H. The number of nitrogens with one attached hydrogen (secondary N) is 2. The van der Waals surface area contributed by atoms with Gasteiger partial charge in [0.05, 0.1) is 22.9 Å². The largest absolute Gasteiger partial charge is 0.416 e. The van der Waals surface area contributed by atoms with Crippen molar-refractivity contribution >= 4 is 17.0 Å². The van der Waals surface area contributed by atoms with Crippen molar-refractivity contribution in [3.05, 3.63) is 63.4 Å². The smallest absolute Gasteiger partial charge is 0.320 e. The predicted molar refractivity (Wildman–Crippen MR) is 72.7 cm³/mol. The third-order valence-corrected chi connectivity index (χ3v) is 4.14. The summed E-state index contributed by atoms with van der Waals surface area (Å²) < 4.78 is 65.4. The van der Waals surface area contributed by atoms with Gasteiger partial charge in [-0.1, -0.05) is 6.07 Å². The summed E-state index contributed by atoms with van der Waals surface area (Å²) in [6, 6.07) is 3.95. The van der Waals surface area contributed by atoms with Gasteiger partial charge in [0.1, 0.15) is 11.6 Å². The molecule has 1 atom stereocenters. The average Bonchev–Trinajstić information content (AvgIpc) is 3.07. The first-order valence-corrected chi connectivity index (χ1v) is 7.07. The number of alkyl halides is 3. The number of hydrogen-bond acceptors (Lipinski definition) is 3. The van der Waals surface area contributed by atoms with Gasteiger partial charge in [0, 0.05) is 4.88 Å². The van der Waals surface area contributed by atoms with E-state index in [1.165, 1.54) is 17.4 Å². The molecule has 2 aromatic rings. The molecule has 2 N–H and O–H groups in total. The Labute approximate surface area is 126 Å². The molecule has 0 radical (unpaired) electrons. The summed E-state index contributed by atoms with van der Waals surface area (Å²) in [4.78, 5) is 0.912. The molecule has 2 nitrogen and oxygen atoms in total. The van der Waals surface area contributed by atoms with E-state index in [0.29, 0.717) is 12.1 Å². The number of rotatable bonds is 2. The molecule has 0 aliphatic carbocycles. The highest BCUT2D eigenvalue weighted by molar-refractivity contribution is 7.10. The van der Waals surface area contributed by atoms with Crippen molar-refractivity contribution in [2.24, 2.45) is 0 Å². The molecule has 1 unspecified atom stereocenters. The molecule has 0 amide bonds. The van der Waals surface area contributed by atoms with Gasteiger partial charge in [-0.2, -0.15) is 13.2 Å². The van der Waals surface area contributed by atoms with Crippen molar-refractivity contribution in [1.29, 1.82) is 0 Å². The summed E-state index contributed by atoms with van der Waals surface area (Å²) in [7, 11) is 0. The maximum absolute atomic E-state index is 13.9. The molecule has 0 saturated carbocycles. The van der Waals surface area contributed by atoms with E-state index in [-0.39, 0.29) is 11.7 Å². The first kappa shape index (κ1) is 15.0. The van der Waals surface area contributed by atoms with Crippen molar-refractivity contribution in [3.63, 3.8) is 0 Å². The van der Waals surface area contributed by atoms with Gasteiger partial charge in [-0.15, -0.1) is 11.3 Å². The van der Waals surface area contributed by atoms with Crippen molar-refractivity contribution in [2.75, 3.05) is 0 Å². The lowest BCUT2D eigenvalue weighted by atomic mass is 10.1. The van der Waals surface area contributed by atoms with Crippen molar-refractivity contribution in [1.82, 2.24) is 10.9 Å². The van der Waals surface area contributed by atoms with E-state index in [0.717, 1.165) is 4.88 Å². The van der Waals surface area contributed by atoms with Crippen LogP contribution in [0.5, 0.6) is 0 Å². The number of hydrogen-bond donors (Lipinski definition) is 2. The van der Waals surface area contributed by atoms with Crippen LogP contribution in [0.4, 0.5) is 22.0 Å². The zero-order valence-electron chi connectivity index (χ0n) is 10.8. The number of thiophene rings is 1. The second-order valence-electron chi connectivity index (χ2n) is 4.66. The summed E-state index contributed by atoms with van der Waals surface area (Å²) in [5, 5.41) is 1.85. The van der Waals surface area contributed by atoms with E-state index in [1.54, 1.807) is 0 Å². The van der Waals surface area contributed by atoms with Gasteiger partial charge in [0.2, 0.25) is 0 Å². The Balaban J connectivity index is 1.98. The SMILES string of the molecule is Fc1cc(C(F)(F)F)cc(F)c1C1=CC(c2cccs2)NN1. The molecule has 1 aliphatic rings. The van der Waals surface area contributed by atoms with Gasteiger partial charge in [-0.05, 0) is 29.7 Å². The van der Waals surface area contributed by atoms with Crippen LogP contribution in [0.3, 0.4) is 0 Å². The molecule has 2 heterocycles. The van der Waals surface area contributed by atoms with Crippen molar-refractivity contribution in [2.45, 2.75) is 12.2 Å². The molecule has 0 saturated heterocycles. The molecule has 1 aromatic carbocycles. The Morgan fingerprint density at radius 1 is 1.09 bits per heavy atom. The maximum atomic E-state index is 13.9. The van der Waals surface area contributed by atoms with E-state index in [2.05, 4.69) is 10.9 Å². The highest BCUT2D eigenvalue weighted by atomic mass is 32.1. The van der Waals surface area contributed by atoms with E-state index >= 15 is 0 Å². The monoisotopic (exact) mass is 332 g/mol. The third-order valence-electron chi connectivity index (χ3n) is 3.18. The zero-order chi connectivity index (χ0) is 15.9. The summed E-state index contributed by atoms with van der Waals surface area (Å²) in [6.07, 6.45) is -3.27. The Morgan fingerprint density at radius 2 is 1.77 bits per heavy atom. The minimum atomic E-state index is -4.80. The van der Waals surface area contributed by atoms with Crippen LogP contribution >= 0.6 is 11.3 Å². The molecule has 1 aliphatic heterocycles. The fourth-order valence-electron chi connectivity index (χ4n) is 2.17. The summed E-state index contributed by atoms with van der Waals surface area (Å²) in [6.45, 7) is 0. The van der Waals surface area contributed by atoms with Crippen molar-refractivity contribution < 1.29 is 22.0 Å². The Kier molecular flexibility index (Phi) is 3.65. The van der Waals surface area contributed by atoms with Gasteiger partial charge in [0.25, 0.3) is 0 Å². The van der Waals surface area contributed by atoms with Crippen LogP contribution in [0.15, 0.2) is 35.7 Å². The molecular formula is C14H9F5N2S. The fraction of sp³-hybridized carbons (Fsp3) is 0.143. The molecule has 22 heavy (non-hydrogen) atoms. The Morgan fingerprint density at radius 3 is 2.32 bits per heavy atom. The van der Waals surface area contributed by atoms with Crippen LogP contribution in [0.1, 0.15) is 22.0 Å². The van der Waals surface area contributed by atoms with Crippen LogP contribution in [0.25, 0.3) is 5.70 Å². The minimum absolute atomic E-state index is 0.0714. The molecule has 0 bridgehead atoms. The highest BCUT2D eigenvalue weighted by Crippen LogP contribution is 2.34. The van der Waals surface area contributed by atoms with Gasteiger partial charge in [0.15, 0.2) is 0 Å². The van der Waals surface area contributed by atoms with E-state index in [9.17, 15) is 22.0 Å². The molecule has 0 fully saturated rings. The van der Waals surface area contributed by atoms with Gasteiger partial charge in [-0.3, -0.25) is 0 Å². The van der Waals surface area contributed by atoms with Crippen molar-refractivity contribution in [3.8, 4) is 0 Å². The molecular weight excluding hydrogens is 323 g/mol. The van der Waals surface area contributed by atoms with Crippen LogP contribution in [0, 0.1) is 11.6 Å². The molecule has 1 aromatic heterocycles. The van der Waals surface area contributed by atoms with E-state index < -0.39 is 28.9 Å². The number of hydrazine groups is 1. The second kappa shape index (κ2) is 5.36. The summed E-state index contributed by atoms with van der Waals surface area (Å²) in [5.74, 6) is -2.53. The topological polar surface area (TPSA) is 24.1 Å².